The predicted octanol–water partition coefficient (Wildman–Crippen LogP) is 1.40. The highest BCUT2D eigenvalue weighted by Gasteiger charge is 2.26. The highest BCUT2D eigenvalue weighted by Crippen LogP contribution is 2.18. The highest BCUT2D eigenvalue weighted by molar-refractivity contribution is 5.92. The molecule has 3 heterocycles. The zero-order valence-corrected chi connectivity index (χ0v) is 15.9. The number of amides is 3. The van der Waals surface area contributed by atoms with Crippen LogP contribution in [0.2, 0.25) is 0 Å². The van der Waals surface area contributed by atoms with Crippen molar-refractivity contribution >= 4 is 28.6 Å². The molecule has 1 aromatic carbocycles. The number of piperazine rings is 1. The van der Waals surface area contributed by atoms with E-state index in [2.05, 4.69) is 10.3 Å². The van der Waals surface area contributed by atoms with Gasteiger partial charge in [0.25, 0.3) is 5.91 Å². The van der Waals surface area contributed by atoms with Crippen LogP contribution >= 0.6 is 0 Å². The Hall–Kier alpha value is -3.55. The largest absolute Gasteiger partial charge is 0.459 e. The van der Waals surface area contributed by atoms with Gasteiger partial charge in [-0.2, -0.15) is 0 Å². The summed E-state index contributed by atoms with van der Waals surface area (Å²) in [5.41, 5.74) is 1.88. The molecule has 2 N–H and O–H groups in total. The van der Waals surface area contributed by atoms with Crippen molar-refractivity contribution in [1.29, 1.82) is 0 Å². The Kier molecular flexibility index (Phi) is 5.33. The van der Waals surface area contributed by atoms with E-state index in [1.807, 2.05) is 30.5 Å². The first kappa shape index (κ1) is 18.8. The van der Waals surface area contributed by atoms with Crippen LogP contribution in [0.5, 0.6) is 0 Å². The van der Waals surface area contributed by atoms with E-state index >= 15 is 0 Å². The van der Waals surface area contributed by atoms with E-state index in [0.717, 1.165) is 16.5 Å². The van der Waals surface area contributed by atoms with Crippen molar-refractivity contribution in [2.24, 2.45) is 0 Å². The van der Waals surface area contributed by atoms with Gasteiger partial charge in [0.1, 0.15) is 0 Å². The lowest BCUT2D eigenvalue weighted by atomic mass is 10.1. The van der Waals surface area contributed by atoms with Gasteiger partial charge in [-0.3, -0.25) is 14.4 Å². The van der Waals surface area contributed by atoms with E-state index in [-0.39, 0.29) is 30.7 Å². The SMILES string of the molecule is O=C(Cc1c[nH]c2ccccc12)NCC(=O)N1CCN(C(=O)c2ccco2)CC1. The lowest BCUT2D eigenvalue weighted by molar-refractivity contribution is -0.133. The fourth-order valence-electron chi connectivity index (χ4n) is 3.51. The number of nitrogens with one attached hydrogen (secondary N) is 2. The maximum atomic E-state index is 12.4. The molecular formula is C21H22N4O4. The molecule has 1 saturated heterocycles. The normalized spacial score (nSPS) is 14.2. The number of fused-ring (bicyclic) bond motifs is 1. The van der Waals surface area contributed by atoms with Crippen LogP contribution in [0.4, 0.5) is 0 Å². The molecular weight excluding hydrogens is 372 g/mol. The molecule has 0 saturated carbocycles. The lowest BCUT2D eigenvalue weighted by Gasteiger charge is -2.34. The van der Waals surface area contributed by atoms with Gasteiger partial charge < -0.3 is 24.5 Å². The van der Waals surface area contributed by atoms with Gasteiger partial charge in [-0.15, -0.1) is 0 Å². The van der Waals surface area contributed by atoms with E-state index in [1.165, 1.54) is 6.26 Å². The summed E-state index contributed by atoms with van der Waals surface area (Å²) in [6.45, 7) is 1.70. The summed E-state index contributed by atoms with van der Waals surface area (Å²) >= 11 is 0. The molecule has 8 nitrogen and oxygen atoms in total. The zero-order chi connectivity index (χ0) is 20.2. The van der Waals surface area contributed by atoms with Crippen molar-refractivity contribution in [3.63, 3.8) is 0 Å². The van der Waals surface area contributed by atoms with Crippen LogP contribution in [0.15, 0.2) is 53.3 Å². The Balaban J connectivity index is 1.24. The van der Waals surface area contributed by atoms with Crippen LogP contribution in [0, 0.1) is 0 Å². The molecule has 0 unspecified atom stereocenters. The first-order chi connectivity index (χ1) is 14.1. The van der Waals surface area contributed by atoms with Crippen LogP contribution in [-0.4, -0.2) is 65.2 Å². The fourth-order valence-corrected chi connectivity index (χ4v) is 3.51. The number of hydrogen-bond acceptors (Lipinski definition) is 4. The van der Waals surface area contributed by atoms with Crippen LogP contribution in [-0.2, 0) is 16.0 Å². The summed E-state index contributed by atoms with van der Waals surface area (Å²) in [5, 5.41) is 3.71. The van der Waals surface area contributed by atoms with E-state index in [0.29, 0.717) is 31.9 Å². The minimum absolute atomic E-state index is 0.0483. The van der Waals surface area contributed by atoms with Gasteiger partial charge in [-0.25, -0.2) is 0 Å². The summed E-state index contributed by atoms with van der Waals surface area (Å²) in [7, 11) is 0. The number of furan rings is 1. The van der Waals surface area contributed by atoms with E-state index in [9.17, 15) is 14.4 Å². The summed E-state index contributed by atoms with van der Waals surface area (Å²) < 4.78 is 5.14. The molecule has 8 heteroatoms. The number of carbonyl (C=O) groups excluding carboxylic acids is 3. The molecule has 4 rings (SSSR count). The van der Waals surface area contributed by atoms with Crippen molar-refractivity contribution in [2.45, 2.75) is 6.42 Å². The molecule has 150 valence electrons. The zero-order valence-electron chi connectivity index (χ0n) is 15.9. The first-order valence-corrected chi connectivity index (χ1v) is 9.54. The Morgan fingerprint density at radius 3 is 2.52 bits per heavy atom. The van der Waals surface area contributed by atoms with Gasteiger partial charge in [-0.1, -0.05) is 18.2 Å². The second-order valence-corrected chi connectivity index (χ2v) is 6.96. The minimum Gasteiger partial charge on any atom is -0.459 e. The van der Waals surface area contributed by atoms with E-state index in [4.69, 9.17) is 4.42 Å². The van der Waals surface area contributed by atoms with Gasteiger partial charge in [0.15, 0.2) is 5.76 Å². The molecule has 0 spiro atoms. The van der Waals surface area contributed by atoms with Crippen LogP contribution in [0.3, 0.4) is 0 Å². The molecule has 0 aliphatic carbocycles. The molecule has 0 radical (unpaired) electrons. The lowest BCUT2D eigenvalue weighted by Crippen LogP contribution is -2.52. The number of rotatable bonds is 5. The highest BCUT2D eigenvalue weighted by atomic mass is 16.3. The standard InChI is InChI=1S/C21H22N4O4/c26-19(12-15-13-22-17-5-2-1-4-16(15)17)23-14-20(27)24-7-9-25(10-8-24)21(28)18-6-3-11-29-18/h1-6,11,13,22H,7-10,12,14H2,(H,23,26). The van der Waals surface area contributed by atoms with Crippen molar-refractivity contribution in [3.8, 4) is 0 Å². The molecule has 1 aliphatic rings. The number of hydrogen-bond donors (Lipinski definition) is 2. The summed E-state index contributed by atoms with van der Waals surface area (Å²) in [6, 6.07) is 11.1. The predicted molar refractivity (Wildman–Crippen MR) is 106 cm³/mol. The summed E-state index contributed by atoms with van der Waals surface area (Å²) in [4.78, 5) is 43.4. The minimum atomic E-state index is -0.199. The van der Waals surface area contributed by atoms with Crippen molar-refractivity contribution < 1.29 is 18.8 Å². The summed E-state index contributed by atoms with van der Waals surface area (Å²) in [6.07, 6.45) is 3.50. The Bertz CT molecular complexity index is 1020. The van der Waals surface area contributed by atoms with Gasteiger partial charge >= 0.3 is 0 Å². The number of benzene rings is 1. The van der Waals surface area contributed by atoms with Gasteiger partial charge in [0.2, 0.25) is 11.8 Å². The van der Waals surface area contributed by atoms with Crippen molar-refractivity contribution in [2.75, 3.05) is 32.7 Å². The molecule has 29 heavy (non-hydrogen) atoms. The maximum Gasteiger partial charge on any atom is 0.289 e. The third kappa shape index (κ3) is 4.16. The second kappa shape index (κ2) is 8.22. The average Bonchev–Trinajstić information content (AvgIpc) is 3.42. The fraction of sp³-hybridized carbons (Fsp3) is 0.286. The Morgan fingerprint density at radius 1 is 1.00 bits per heavy atom. The molecule has 2 aromatic heterocycles. The van der Waals surface area contributed by atoms with Gasteiger partial charge in [-0.05, 0) is 23.8 Å². The van der Waals surface area contributed by atoms with E-state index < -0.39 is 0 Å². The first-order valence-electron chi connectivity index (χ1n) is 9.54. The average molecular weight is 394 g/mol. The number of aromatic amines is 1. The van der Waals surface area contributed by atoms with Crippen molar-refractivity contribution in [1.82, 2.24) is 20.1 Å². The smallest absolute Gasteiger partial charge is 0.289 e. The molecule has 3 aromatic rings. The number of nitrogens with zero attached hydrogens (tertiary/aromatic N) is 2. The van der Waals surface area contributed by atoms with Gasteiger partial charge in [0.05, 0.1) is 19.2 Å². The molecule has 0 bridgehead atoms. The quantitative estimate of drug-likeness (QED) is 0.683. The van der Waals surface area contributed by atoms with Crippen LogP contribution < -0.4 is 5.32 Å². The number of carbonyl (C=O) groups is 3. The second-order valence-electron chi connectivity index (χ2n) is 6.96. The molecule has 3 amide bonds. The van der Waals surface area contributed by atoms with Crippen LogP contribution in [0.25, 0.3) is 10.9 Å². The topological polar surface area (TPSA) is 98.6 Å². The Morgan fingerprint density at radius 2 is 1.76 bits per heavy atom. The summed E-state index contributed by atoms with van der Waals surface area (Å²) in [5.74, 6) is -0.222. The number of para-hydroxylation sites is 1. The number of H-pyrrole nitrogens is 1. The Labute approximate surface area is 167 Å². The number of aromatic nitrogens is 1. The van der Waals surface area contributed by atoms with Gasteiger partial charge in [0, 0.05) is 43.3 Å². The third-order valence-electron chi connectivity index (χ3n) is 5.11. The van der Waals surface area contributed by atoms with E-state index in [1.54, 1.807) is 21.9 Å². The van der Waals surface area contributed by atoms with Crippen LogP contribution in [0.1, 0.15) is 16.1 Å². The molecule has 1 aliphatic heterocycles. The maximum absolute atomic E-state index is 12.4. The monoisotopic (exact) mass is 394 g/mol. The molecule has 1 fully saturated rings. The third-order valence-corrected chi connectivity index (χ3v) is 5.11. The van der Waals surface area contributed by atoms with Crippen molar-refractivity contribution in [3.05, 3.63) is 60.2 Å². The molecule has 0 atom stereocenters.